The van der Waals surface area contributed by atoms with Crippen LogP contribution in [0.4, 0.5) is 0 Å². The second-order valence-corrected chi connectivity index (χ2v) is 5.90. The third-order valence-corrected chi connectivity index (χ3v) is 3.99. The van der Waals surface area contributed by atoms with Crippen LogP contribution in [0.3, 0.4) is 0 Å². The summed E-state index contributed by atoms with van der Waals surface area (Å²) in [6.45, 7) is 7.96. The van der Waals surface area contributed by atoms with Gasteiger partial charge in [-0.15, -0.1) is 0 Å². The molecule has 1 fully saturated rings. The van der Waals surface area contributed by atoms with E-state index in [1.165, 1.54) is 25.7 Å². The highest BCUT2D eigenvalue weighted by molar-refractivity contribution is 4.66. The number of ether oxygens (including phenoxy) is 2. The molecule has 4 heteroatoms. The lowest BCUT2D eigenvalue weighted by atomic mass is 9.99. The van der Waals surface area contributed by atoms with E-state index in [2.05, 4.69) is 19.2 Å². The number of nitrogens with one attached hydrogen (secondary N) is 1. The zero-order valence-corrected chi connectivity index (χ0v) is 13.3. The second kappa shape index (κ2) is 11.5. The third-order valence-electron chi connectivity index (χ3n) is 3.99. The van der Waals surface area contributed by atoms with Crippen molar-refractivity contribution >= 4 is 0 Å². The summed E-state index contributed by atoms with van der Waals surface area (Å²) in [6, 6.07) is 0. The van der Waals surface area contributed by atoms with Crippen LogP contribution in [0.25, 0.3) is 0 Å². The van der Waals surface area contributed by atoms with Gasteiger partial charge in [0, 0.05) is 13.2 Å². The summed E-state index contributed by atoms with van der Waals surface area (Å²) in [5, 5.41) is 13.2. The summed E-state index contributed by atoms with van der Waals surface area (Å²) in [7, 11) is 0. The van der Waals surface area contributed by atoms with Crippen LogP contribution < -0.4 is 5.32 Å². The van der Waals surface area contributed by atoms with Gasteiger partial charge in [0.1, 0.15) is 0 Å². The van der Waals surface area contributed by atoms with E-state index in [-0.39, 0.29) is 6.10 Å². The molecule has 3 atom stereocenters. The molecule has 0 aromatic heterocycles. The molecule has 120 valence electrons. The lowest BCUT2D eigenvalue weighted by Gasteiger charge is -2.18. The van der Waals surface area contributed by atoms with Crippen LogP contribution in [0, 0.1) is 5.92 Å². The van der Waals surface area contributed by atoms with Crippen molar-refractivity contribution in [3.05, 3.63) is 0 Å². The smallest absolute Gasteiger partial charge is 0.0897 e. The Bertz CT molecular complexity index is 220. The van der Waals surface area contributed by atoms with Crippen LogP contribution in [0.1, 0.15) is 52.4 Å². The topological polar surface area (TPSA) is 50.7 Å². The Morgan fingerprint density at radius 1 is 1.35 bits per heavy atom. The summed E-state index contributed by atoms with van der Waals surface area (Å²) in [6.07, 6.45) is 7.10. The van der Waals surface area contributed by atoms with E-state index >= 15 is 0 Å². The summed E-state index contributed by atoms with van der Waals surface area (Å²) in [5.74, 6) is 0.731. The Balaban J connectivity index is 1.96. The summed E-state index contributed by atoms with van der Waals surface area (Å²) in [4.78, 5) is 0. The fourth-order valence-electron chi connectivity index (χ4n) is 2.57. The SMILES string of the molecule is CCCCC(CC)CNCC(O)COCC1CCCO1. The van der Waals surface area contributed by atoms with Crippen molar-refractivity contribution in [3.8, 4) is 0 Å². The lowest BCUT2D eigenvalue weighted by molar-refractivity contribution is -0.0165. The van der Waals surface area contributed by atoms with Crippen LogP contribution in [0.15, 0.2) is 0 Å². The first-order chi connectivity index (χ1) is 9.76. The molecule has 1 aliphatic heterocycles. The first-order valence-corrected chi connectivity index (χ1v) is 8.34. The molecule has 1 rings (SSSR count). The average molecular weight is 287 g/mol. The van der Waals surface area contributed by atoms with Crippen LogP contribution in [-0.2, 0) is 9.47 Å². The quantitative estimate of drug-likeness (QED) is 0.578. The maximum absolute atomic E-state index is 9.86. The molecular weight excluding hydrogens is 254 g/mol. The molecule has 1 heterocycles. The van der Waals surface area contributed by atoms with E-state index in [1.54, 1.807) is 0 Å². The minimum atomic E-state index is -0.417. The van der Waals surface area contributed by atoms with Crippen LogP contribution in [0.2, 0.25) is 0 Å². The minimum absolute atomic E-state index is 0.244. The summed E-state index contributed by atoms with van der Waals surface area (Å²) < 4.78 is 11.0. The molecule has 4 nitrogen and oxygen atoms in total. The zero-order valence-electron chi connectivity index (χ0n) is 13.3. The normalized spacial score (nSPS) is 22.1. The molecule has 0 aromatic carbocycles. The van der Waals surface area contributed by atoms with E-state index in [4.69, 9.17) is 9.47 Å². The van der Waals surface area contributed by atoms with Gasteiger partial charge in [0.2, 0.25) is 0 Å². The van der Waals surface area contributed by atoms with Gasteiger partial charge in [0.05, 0.1) is 25.4 Å². The van der Waals surface area contributed by atoms with Crippen LogP contribution in [-0.4, -0.2) is 50.2 Å². The predicted octanol–water partition coefficient (Wildman–Crippen LogP) is 2.35. The van der Waals surface area contributed by atoms with E-state index in [0.717, 1.165) is 31.9 Å². The van der Waals surface area contributed by atoms with Crippen molar-refractivity contribution in [2.75, 3.05) is 32.9 Å². The highest BCUT2D eigenvalue weighted by atomic mass is 16.5. The van der Waals surface area contributed by atoms with Crippen molar-refractivity contribution in [1.82, 2.24) is 5.32 Å². The highest BCUT2D eigenvalue weighted by Crippen LogP contribution is 2.12. The van der Waals surface area contributed by atoms with Gasteiger partial charge >= 0.3 is 0 Å². The number of hydrogen-bond acceptors (Lipinski definition) is 4. The maximum Gasteiger partial charge on any atom is 0.0897 e. The molecule has 1 saturated heterocycles. The molecule has 0 saturated carbocycles. The van der Waals surface area contributed by atoms with Gasteiger partial charge in [-0.3, -0.25) is 0 Å². The Kier molecular flexibility index (Phi) is 10.3. The number of rotatable bonds is 12. The molecule has 1 aliphatic rings. The average Bonchev–Trinajstić information content (AvgIpc) is 2.96. The molecule has 0 amide bonds. The van der Waals surface area contributed by atoms with E-state index < -0.39 is 6.10 Å². The first-order valence-electron chi connectivity index (χ1n) is 8.34. The number of hydrogen-bond donors (Lipinski definition) is 2. The molecule has 0 radical (unpaired) electrons. The van der Waals surface area contributed by atoms with Gasteiger partial charge in [-0.1, -0.05) is 33.1 Å². The third kappa shape index (κ3) is 8.20. The fraction of sp³-hybridized carbons (Fsp3) is 1.00. The Morgan fingerprint density at radius 3 is 2.85 bits per heavy atom. The standard InChI is InChI=1S/C16H33NO3/c1-3-5-7-14(4-2)10-17-11-15(18)12-19-13-16-8-6-9-20-16/h14-18H,3-13H2,1-2H3. The molecule has 20 heavy (non-hydrogen) atoms. The lowest BCUT2D eigenvalue weighted by Crippen LogP contribution is -2.34. The Morgan fingerprint density at radius 2 is 2.20 bits per heavy atom. The monoisotopic (exact) mass is 287 g/mol. The molecule has 0 bridgehead atoms. The first kappa shape index (κ1) is 17.9. The van der Waals surface area contributed by atoms with Gasteiger partial charge in [-0.25, -0.2) is 0 Å². The minimum Gasteiger partial charge on any atom is -0.389 e. The van der Waals surface area contributed by atoms with Crippen molar-refractivity contribution in [2.45, 2.75) is 64.6 Å². The van der Waals surface area contributed by atoms with Gasteiger partial charge in [-0.05, 0) is 31.7 Å². The van der Waals surface area contributed by atoms with E-state index in [1.807, 2.05) is 0 Å². The van der Waals surface area contributed by atoms with Gasteiger partial charge < -0.3 is 19.9 Å². The Labute approximate surface area is 124 Å². The maximum atomic E-state index is 9.86. The Hall–Kier alpha value is -0.160. The van der Waals surface area contributed by atoms with Gasteiger partial charge in [0.15, 0.2) is 0 Å². The van der Waals surface area contributed by atoms with E-state index in [0.29, 0.717) is 19.8 Å². The van der Waals surface area contributed by atoms with Gasteiger partial charge in [0.25, 0.3) is 0 Å². The molecule has 0 aliphatic carbocycles. The van der Waals surface area contributed by atoms with Gasteiger partial charge in [-0.2, -0.15) is 0 Å². The van der Waals surface area contributed by atoms with Crippen molar-refractivity contribution in [3.63, 3.8) is 0 Å². The zero-order chi connectivity index (χ0) is 14.6. The second-order valence-electron chi connectivity index (χ2n) is 5.90. The van der Waals surface area contributed by atoms with Crippen molar-refractivity contribution < 1.29 is 14.6 Å². The van der Waals surface area contributed by atoms with Crippen LogP contribution >= 0.6 is 0 Å². The molecule has 2 N–H and O–H groups in total. The molecule has 0 spiro atoms. The largest absolute Gasteiger partial charge is 0.389 e. The number of aliphatic hydroxyl groups excluding tert-OH is 1. The summed E-state index contributed by atoms with van der Waals surface area (Å²) >= 11 is 0. The number of aliphatic hydroxyl groups is 1. The molecule has 0 aromatic rings. The summed E-state index contributed by atoms with van der Waals surface area (Å²) in [5.41, 5.74) is 0. The van der Waals surface area contributed by atoms with Crippen molar-refractivity contribution in [1.29, 1.82) is 0 Å². The molecule has 3 unspecified atom stereocenters. The van der Waals surface area contributed by atoms with Crippen LogP contribution in [0.5, 0.6) is 0 Å². The fourth-order valence-corrected chi connectivity index (χ4v) is 2.57. The number of unbranched alkanes of at least 4 members (excludes halogenated alkanes) is 1. The van der Waals surface area contributed by atoms with Crippen molar-refractivity contribution in [2.24, 2.45) is 5.92 Å². The van der Waals surface area contributed by atoms with E-state index in [9.17, 15) is 5.11 Å². The molecular formula is C16H33NO3. The predicted molar refractivity (Wildman–Crippen MR) is 82.0 cm³/mol. The highest BCUT2D eigenvalue weighted by Gasteiger charge is 2.16.